The van der Waals surface area contributed by atoms with Crippen molar-refractivity contribution < 1.29 is 20.4 Å². The second kappa shape index (κ2) is 15.8. The minimum Gasteiger partial charge on any atom is -0.480 e. The molecule has 4 aliphatic carbocycles. The number of rotatable bonds is 14. The maximum atomic E-state index is 10.7. The van der Waals surface area contributed by atoms with Gasteiger partial charge in [-0.1, -0.05) is 37.3 Å². The molecule has 316 valence electrons. The van der Waals surface area contributed by atoms with Gasteiger partial charge in [-0.05, 0) is 149 Å². The van der Waals surface area contributed by atoms with Crippen molar-refractivity contribution in [1.82, 2.24) is 30.3 Å². The number of aliphatic imine (C=N–C) groups is 1. The van der Waals surface area contributed by atoms with Crippen LogP contribution in [0.5, 0.6) is 0 Å². The molecule has 5 fully saturated rings. The zero-order valence-electron chi connectivity index (χ0n) is 34.9. The summed E-state index contributed by atoms with van der Waals surface area (Å²) >= 11 is 1.47. The van der Waals surface area contributed by atoms with Gasteiger partial charge in [-0.2, -0.15) is 5.10 Å². The first-order chi connectivity index (χ1) is 28.1. The zero-order chi connectivity index (χ0) is 41.7. The number of hydrogen-bond donors (Lipinski definition) is 8. The summed E-state index contributed by atoms with van der Waals surface area (Å²) in [5.74, 6) is 0.369. The Bertz CT molecular complexity index is 2230. The van der Waals surface area contributed by atoms with Gasteiger partial charge in [0.1, 0.15) is 23.2 Å². The molecule has 1 aromatic carbocycles. The van der Waals surface area contributed by atoms with Crippen LogP contribution in [-0.4, -0.2) is 84.1 Å². The average Bonchev–Trinajstić information content (AvgIpc) is 3.75. The van der Waals surface area contributed by atoms with Gasteiger partial charge in [0.15, 0.2) is 0 Å². The summed E-state index contributed by atoms with van der Waals surface area (Å²) in [4.78, 5) is 11.1. The molecule has 9 N–H and O–H groups in total. The number of dihydropyridines is 1. The van der Waals surface area contributed by atoms with Crippen LogP contribution in [0.25, 0.3) is 15.8 Å². The standard InChI is InChI=1S/C45H61N9O4S/c1-28(38(46)52-41-50-34-10-5-6-11-35(34)59-41)31-9-7-18-53(39(31)47)36-13-12-32(37(51-36)40(57)58)33-19-49-54(29(33)2)27-45-24-42(3)21-43(4,25-45)23-44(22-42,26-45)15-8-16-48-17-14-30(56)20-55/h5-6,10-13,19,30,47-48,51,55-58H,7-9,14-18,20-27H2,1-4H3,(H2,46,50,52)/b31-28-,47-39?. The number of likely N-dealkylation sites (tertiary alicyclic amines) is 1. The van der Waals surface area contributed by atoms with Crippen molar-refractivity contribution in [3.8, 4) is 0 Å². The van der Waals surface area contributed by atoms with E-state index in [1.807, 2.05) is 54.4 Å². The number of aliphatic hydroxyl groups excluding tert-OH is 3. The normalized spacial score (nSPS) is 29.5. The fourth-order valence-electron chi connectivity index (χ4n) is 12.6. The minimum atomic E-state index is -0.820. The average molecular weight is 824 g/mol. The monoisotopic (exact) mass is 823 g/mol. The highest BCUT2D eigenvalue weighted by molar-refractivity contribution is 7.22. The number of nitrogens with one attached hydrogen (secondary N) is 3. The van der Waals surface area contributed by atoms with Gasteiger partial charge >= 0.3 is 0 Å². The first-order valence-electron chi connectivity index (χ1n) is 21.2. The van der Waals surface area contributed by atoms with Gasteiger partial charge < -0.3 is 41.7 Å². The molecule has 6 aliphatic rings. The molecule has 4 saturated carbocycles. The smallest absolute Gasteiger partial charge is 0.299 e. The highest BCUT2D eigenvalue weighted by Crippen LogP contribution is 2.75. The number of fused-ring (bicyclic) bond motifs is 1. The number of hydrogen-bond acceptors (Lipinski definition) is 11. The second-order valence-corrected chi connectivity index (χ2v) is 20.1. The lowest BCUT2D eigenvalue weighted by atomic mass is 9.35. The van der Waals surface area contributed by atoms with Crippen LogP contribution in [0.4, 0.5) is 5.13 Å². The van der Waals surface area contributed by atoms with Crippen LogP contribution >= 0.6 is 11.3 Å². The third kappa shape index (κ3) is 8.21. The van der Waals surface area contributed by atoms with Crippen molar-refractivity contribution in [3.05, 3.63) is 82.5 Å². The molecule has 14 heteroatoms. The Morgan fingerprint density at radius 3 is 2.54 bits per heavy atom. The maximum absolute atomic E-state index is 10.7. The maximum Gasteiger partial charge on any atom is 0.299 e. The van der Waals surface area contributed by atoms with Crippen molar-refractivity contribution in [3.63, 3.8) is 0 Å². The molecule has 0 radical (unpaired) electrons. The van der Waals surface area contributed by atoms with Crippen LogP contribution in [0.2, 0.25) is 0 Å². The number of piperidine rings is 1. The number of nitrogens with zero attached hydrogens (tertiary/aromatic N) is 5. The molecule has 3 aromatic rings. The molecule has 4 bridgehead atoms. The Labute approximate surface area is 351 Å². The van der Waals surface area contributed by atoms with Crippen molar-refractivity contribution in [2.75, 3.05) is 26.2 Å². The molecule has 2 aromatic heterocycles. The summed E-state index contributed by atoms with van der Waals surface area (Å²) in [5, 5.41) is 61.7. The van der Waals surface area contributed by atoms with Gasteiger partial charge in [-0.25, -0.2) is 9.98 Å². The summed E-state index contributed by atoms with van der Waals surface area (Å²) in [6.07, 6.45) is 16.7. The SMILES string of the molecule is CC(=C1\CCCN(C2=CC=C(c3cnn(CC45CC6(C)CC(C)(CC(CCCNCCC(O)CO)(C6)C4)C5)c3C)C(=C(O)O)N2)C1=N)/C(N)=N\c1nc2ccccc2s1. The van der Waals surface area contributed by atoms with Crippen LogP contribution in [0.15, 0.2) is 76.2 Å². The number of amidine groups is 2. The van der Waals surface area contributed by atoms with Crippen LogP contribution in [0.1, 0.15) is 103 Å². The summed E-state index contributed by atoms with van der Waals surface area (Å²) in [5.41, 5.74) is 12.6. The first-order valence-corrected chi connectivity index (χ1v) is 22.0. The molecule has 3 unspecified atom stereocenters. The van der Waals surface area contributed by atoms with E-state index in [0.29, 0.717) is 64.5 Å². The fourth-order valence-corrected chi connectivity index (χ4v) is 13.4. The van der Waals surface area contributed by atoms with E-state index in [4.69, 9.17) is 15.9 Å². The van der Waals surface area contributed by atoms with Crippen LogP contribution in [-0.2, 0) is 6.54 Å². The number of allylic oxidation sites excluding steroid dienone is 3. The van der Waals surface area contributed by atoms with Gasteiger partial charge in [0.05, 0.1) is 29.1 Å². The molecule has 1 saturated heterocycles. The van der Waals surface area contributed by atoms with E-state index in [9.17, 15) is 20.7 Å². The van der Waals surface area contributed by atoms with Crippen LogP contribution < -0.4 is 16.4 Å². The van der Waals surface area contributed by atoms with Gasteiger partial charge in [0.25, 0.3) is 5.95 Å². The molecule has 3 atom stereocenters. The highest BCUT2D eigenvalue weighted by atomic mass is 32.1. The van der Waals surface area contributed by atoms with Crippen molar-refractivity contribution in [2.24, 2.45) is 32.4 Å². The lowest BCUT2D eigenvalue weighted by molar-refractivity contribution is -0.197. The summed E-state index contributed by atoms with van der Waals surface area (Å²) in [7, 11) is 0. The number of nitrogens with two attached hydrogens (primary N) is 1. The summed E-state index contributed by atoms with van der Waals surface area (Å²) < 4.78 is 3.19. The van der Waals surface area contributed by atoms with Crippen molar-refractivity contribution in [1.29, 1.82) is 5.41 Å². The number of aliphatic hydroxyl groups is 4. The Morgan fingerprint density at radius 1 is 1.07 bits per heavy atom. The molecule has 4 heterocycles. The largest absolute Gasteiger partial charge is 0.480 e. The van der Waals surface area contributed by atoms with Gasteiger partial charge in [-0.15, -0.1) is 0 Å². The molecular formula is C45H61N9O4S. The Kier molecular flexibility index (Phi) is 11.1. The summed E-state index contributed by atoms with van der Waals surface area (Å²) in [6, 6.07) is 7.87. The molecule has 59 heavy (non-hydrogen) atoms. The first kappa shape index (κ1) is 41.2. The quantitative estimate of drug-likeness (QED) is 0.0349. The number of aromatic nitrogens is 3. The molecule has 13 nitrogen and oxygen atoms in total. The van der Waals surface area contributed by atoms with Crippen molar-refractivity contribution in [2.45, 2.75) is 111 Å². The van der Waals surface area contributed by atoms with E-state index in [-0.39, 0.29) is 23.6 Å². The van der Waals surface area contributed by atoms with E-state index in [1.165, 1.54) is 56.3 Å². The van der Waals surface area contributed by atoms with E-state index >= 15 is 0 Å². The Morgan fingerprint density at radius 2 is 1.81 bits per heavy atom. The van der Waals surface area contributed by atoms with Crippen LogP contribution in [0.3, 0.4) is 0 Å². The molecule has 9 rings (SSSR count). The number of para-hydroxylation sites is 1. The predicted octanol–water partition coefficient (Wildman–Crippen LogP) is 7.47. The van der Waals surface area contributed by atoms with E-state index in [0.717, 1.165) is 58.6 Å². The van der Waals surface area contributed by atoms with E-state index < -0.39 is 12.0 Å². The van der Waals surface area contributed by atoms with Crippen molar-refractivity contribution >= 4 is 43.9 Å². The third-order valence-corrected chi connectivity index (χ3v) is 14.7. The highest BCUT2D eigenvalue weighted by Gasteiger charge is 2.65. The zero-order valence-corrected chi connectivity index (χ0v) is 35.8. The van der Waals surface area contributed by atoms with Gasteiger partial charge in [0.2, 0.25) is 5.13 Å². The minimum absolute atomic E-state index is 0.134. The fraction of sp³-hybridized carbons (Fsp3) is 0.556. The molecule has 0 amide bonds. The lowest BCUT2D eigenvalue weighted by Gasteiger charge is -2.70. The number of thiazole rings is 1. The topological polar surface area (TPSA) is 201 Å². The van der Waals surface area contributed by atoms with Gasteiger partial charge in [0, 0.05) is 35.5 Å². The Hall–Kier alpha value is -4.50. The number of benzene rings is 1. The molecule has 0 spiro atoms. The Balaban J connectivity index is 0.997. The molecular weight excluding hydrogens is 763 g/mol. The van der Waals surface area contributed by atoms with E-state index in [2.05, 4.69) is 46.1 Å². The summed E-state index contributed by atoms with van der Waals surface area (Å²) in [6.45, 7) is 11.8. The lowest BCUT2D eigenvalue weighted by Crippen LogP contribution is -2.60. The van der Waals surface area contributed by atoms with Crippen LogP contribution in [0, 0.1) is 34.0 Å². The molecule has 2 aliphatic heterocycles. The van der Waals surface area contributed by atoms with Gasteiger partial charge in [-0.3, -0.25) is 10.1 Å². The predicted molar refractivity (Wildman–Crippen MR) is 234 cm³/mol. The van der Waals surface area contributed by atoms with E-state index in [1.54, 1.807) is 0 Å². The third-order valence-electron chi connectivity index (χ3n) is 13.8. The second-order valence-electron chi connectivity index (χ2n) is 19.1.